The van der Waals surface area contributed by atoms with Gasteiger partial charge in [-0.1, -0.05) is 18.9 Å². The molecule has 1 aliphatic rings. The largest absolute Gasteiger partial charge is 0.492 e. The Kier molecular flexibility index (Phi) is 3.41. The molecule has 1 aromatic carbocycles. The van der Waals surface area contributed by atoms with Crippen LogP contribution in [-0.2, 0) is 0 Å². The zero-order valence-electron chi connectivity index (χ0n) is 8.41. The normalized spacial score (nSPS) is 15.0. The van der Waals surface area contributed by atoms with Crippen molar-refractivity contribution in [3.05, 3.63) is 28.2 Å². The molecule has 0 aromatic heterocycles. The molecule has 1 fully saturated rings. The first-order valence-corrected chi connectivity index (χ1v) is 5.97. The van der Waals surface area contributed by atoms with Crippen LogP contribution >= 0.6 is 15.9 Å². The monoisotopic (exact) mass is 268 g/mol. The SMILES string of the molecule is O=Cc1cccc(Br)c1OCCC1CC1. The first-order valence-electron chi connectivity index (χ1n) is 5.17. The molecule has 0 atom stereocenters. The highest BCUT2D eigenvalue weighted by Gasteiger charge is 2.21. The summed E-state index contributed by atoms with van der Waals surface area (Å²) < 4.78 is 6.48. The minimum atomic E-state index is 0.611. The second-order valence-electron chi connectivity index (χ2n) is 3.86. The molecule has 0 saturated heterocycles. The molecule has 0 unspecified atom stereocenters. The molecule has 15 heavy (non-hydrogen) atoms. The number of hydrogen-bond acceptors (Lipinski definition) is 2. The number of carbonyl (C=O) groups excluding carboxylic acids is 1. The summed E-state index contributed by atoms with van der Waals surface area (Å²) in [5, 5.41) is 0. The molecule has 3 heteroatoms. The van der Waals surface area contributed by atoms with E-state index in [9.17, 15) is 4.79 Å². The van der Waals surface area contributed by atoms with Gasteiger partial charge in [0.1, 0.15) is 5.75 Å². The topological polar surface area (TPSA) is 26.3 Å². The highest BCUT2D eigenvalue weighted by molar-refractivity contribution is 9.10. The summed E-state index contributed by atoms with van der Waals surface area (Å²) in [4.78, 5) is 10.8. The Hall–Kier alpha value is -0.830. The summed E-state index contributed by atoms with van der Waals surface area (Å²) in [7, 11) is 0. The lowest BCUT2D eigenvalue weighted by Gasteiger charge is -2.09. The minimum absolute atomic E-state index is 0.611. The Labute approximate surface area is 97.8 Å². The maximum absolute atomic E-state index is 10.8. The Bertz CT molecular complexity index is 359. The van der Waals surface area contributed by atoms with Gasteiger partial charge in [0, 0.05) is 0 Å². The smallest absolute Gasteiger partial charge is 0.153 e. The molecular formula is C12H13BrO2. The van der Waals surface area contributed by atoms with E-state index in [0.717, 1.165) is 23.1 Å². The maximum atomic E-state index is 10.8. The molecule has 0 radical (unpaired) electrons. The zero-order chi connectivity index (χ0) is 10.7. The van der Waals surface area contributed by atoms with Gasteiger partial charge in [0.2, 0.25) is 0 Å². The number of halogens is 1. The maximum Gasteiger partial charge on any atom is 0.153 e. The number of para-hydroxylation sites is 1. The summed E-state index contributed by atoms with van der Waals surface area (Å²) in [6, 6.07) is 5.49. The molecule has 2 nitrogen and oxygen atoms in total. The van der Waals surface area contributed by atoms with E-state index in [2.05, 4.69) is 15.9 Å². The van der Waals surface area contributed by atoms with E-state index in [1.54, 1.807) is 6.07 Å². The summed E-state index contributed by atoms with van der Waals surface area (Å²) in [6.45, 7) is 0.702. The molecule has 0 N–H and O–H groups in total. The number of ether oxygens (including phenoxy) is 1. The van der Waals surface area contributed by atoms with Crippen molar-refractivity contribution in [1.29, 1.82) is 0 Å². The van der Waals surface area contributed by atoms with E-state index in [1.807, 2.05) is 12.1 Å². The molecule has 2 rings (SSSR count). The van der Waals surface area contributed by atoms with Crippen molar-refractivity contribution < 1.29 is 9.53 Å². The van der Waals surface area contributed by atoms with Crippen LogP contribution in [0.3, 0.4) is 0 Å². The minimum Gasteiger partial charge on any atom is -0.492 e. The second kappa shape index (κ2) is 4.79. The lowest BCUT2D eigenvalue weighted by Crippen LogP contribution is -2.01. The Morgan fingerprint density at radius 1 is 1.47 bits per heavy atom. The molecule has 1 aliphatic carbocycles. The quantitative estimate of drug-likeness (QED) is 0.765. The van der Waals surface area contributed by atoms with Crippen LogP contribution in [0.4, 0.5) is 0 Å². The van der Waals surface area contributed by atoms with Gasteiger partial charge in [-0.15, -0.1) is 0 Å². The van der Waals surface area contributed by atoms with E-state index in [1.165, 1.54) is 12.8 Å². The van der Waals surface area contributed by atoms with Gasteiger partial charge in [-0.2, -0.15) is 0 Å². The molecular weight excluding hydrogens is 256 g/mol. The first kappa shape index (κ1) is 10.7. The van der Waals surface area contributed by atoms with Gasteiger partial charge in [0.05, 0.1) is 16.6 Å². The third-order valence-corrected chi connectivity index (χ3v) is 3.22. The second-order valence-corrected chi connectivity index (χ2v) is 4.71. The predicted octanol–water partition coefficient (Wildman–Crippen LogP) is 3.44. The van der Waals surface area contributed by atoms with Gasteiger partial charge in [-0.3, -0.25) is 4.79 Å². The van der Waals surface area contributed by atoms with Crippen LogP contribution in [0, 0.1) is 5.92 Å². The highest BCUT2D eigenvalue weighted by atomic mass is 79.9. The van der Waals surface area contributed by atoms with Crippen molar-refractivity contribution >= 4 is 22.2 Å². The third kappa shape index (κ3) is 2.81. The van der Waals surface area contributed by atoms with Gasteiger partial charge in [0.15, 0.2) is 6.29 Å². The fourth-order valence-corrected chi connectivity index (χ4v) is 2.00. The fraction of sp³-hybridized carbons (Fsp3) is 0.417. The van der Waals surface area contributed by atoms with Gasteiger partial charge in [-0.05, 0) is 40.4 Å². The van der Waals surface area contributed by atoms with Gasteiger partial charge < -0.3 is 4.74 Å². The van der Waals surface area contributed by atoms with Crippen LogP contribution in [0.15, 0.2) is 22.7 Å². The molecule has 0 heterocycles. The Balaban J connectivity index is 2.00. The first-order chi connectivity index (χ1) is 7.31. The van der Waals surface area contributed by atoms with Crippen LogP contribution in [0.2, 0.25) is 0 Å². The number of aldehydes is 1. The van der Waals surface area contributed by atoms with Crippen LogP contribution in [0.5, 0.6) is 5.75 Å². The lowest BCUT2D eigenvalue weighted by atomic mass is 10.2. The highest BCUT2D eigenvalue weighted by Crippen LogP contribution is 2.33. The molecule has 0 aliphatic heterocycles. The van der Waals surface area contributed by atoms with Gasteiger partial charge in [-0.25, -0.2) is 0 Å². The van der Waals surface area contributed by atoms with Crippen LogP contribution in [0.1, 0.15) is 29.6 Å². The Morgan fingerprint density at radius 3 is 2.93 bits per heavy atom. The number of benzene rings is 1. The average molecular weight is 269 g/mol. The van der Waals surface area contributed by atoms with E-state index in [-0.39, 0.29) is 0 Å². The predicted molar refractivity (Wildman–Crippen MR) is 62.4 cm³/mol. The summed E-state index contributed by atoms with van der Waals surface area (Å²) in [5.41, 5.74) is 0.611. The van der Waals surface area contributed by atoms with Crippen molar-refractivity contribution in [2.75, 3.05) is 6.61 Å². The lowest BCUT2D eigenvalue weighted by molar-refractivity contribution is 0.111. The molecule has 0 amide bonds. The molecule has 80 valence electrons. The van der Waals surface area contributed by atoms with Gasteiger partial charge in [0.25, 0.3) is 0 Å². The zero-order valence-corrected chi connectivity index (χ0v) is 10.00. The van der Waals surface area contributed by atoms with Crippen LogP contribution in [0.25, 0.3) is 0 Å². The van der Waals surface area contributed by atoms with Crippen molar-refractivity contribution in [3.63, 3.8) is 0 Å². The van der Waals surface area contributed by atoms with Crippen LogP contribution < -0.4 is 4.74 Å². The van der Waals surface area contributed by atoms with E-state index in [4.69, 9.17) is 4.74 Å². The molecule has 1 aromatic rings. The Morgan fingerprint density at radius 2 is 2.27 bits per heavy atom. The number of carbonyl (C=O) groups is 1. The molecule has 0 bridgehead atoms. The average Bonchev–Trinajstić information content (AvgIpc) is 3.04. The van der Waals surface area contributed by atoms with E-state index >= 15 is 0 Å². The van der Waals surface area contributed by atoms with Crippen molar-refractivity contribution in [2.45, 2.75) is 19.3 Å². The van der Waals surface area contributed by atoms with E-state index < -0.39 is 0 Å². The van der Waals surface area contributed by atoms with Gasteiger partial charge >= 0.3 is 0 Å². The van der Waals surface area contributed by atoms with Crippen molar-refractivity contribution in [3.8, 4) is 5.75 Å². The molecule has 0 spiro atoms. The third-order valence-electron chi connectivity index (χ3n) is 2.59. The van der Waals surface area contributed by atoms with E-state index in [0.29, 0.717) is 17.9 Å². The number of rotatable bonds is 5. The summed E-state index contributed by atoms with van der Waals surface area (Å²) in [5.74, 6) is 1.53. The molecule has 1 saturated carbocycles. The van der Waals surface area contributed by atoms with Crippen molar-refractivity contribution in [1.82, 2.24) is 0 Å². The van der Waals surface area contributed by atoms with Crippen LogP contribution in [-0.4, -0.2) is 12.9 Å². The van der Waals surface area contributed by atoms with Crippen molar-refractivity contribution in [2.24, 2.45) is 5.92 Å². The fourth-order valence-electron chi connectivity index (χ4n) is 1.50. The summed E-state index contributed by atoms with van der Waals surface area (Å²) >= 11 is 3.39. The summed E-state index contributed by atoms with van der Waals surface area (Å²) in [6.07, 6.45) is 4.59. The number of hydrogen-bond donors (Lipinski definition) is 0. The standard InChI is InChI=1S/C12H13BrO2/c13-11-3-1-2-10(8-14)12(11)15-7-6-9-4-5-9/h1-3,8-9H,4-7H2.